The van der Waals surface area contributed by atoms with Crippen molar-refractivity contribution in [2.24, 2.45) is 0 Å². The van der Waals surface area contributed by atoms with Gasteiger partial charge in [-0.1, -0.05) is 6.07 Å². The average molecular weight is 282 g/mol. The van der Waals surface area contributed by atoms with Gasteiger partial charge in [0.15, 0.2) is 4.77 Å². The van der Waals surface area contributed by atoms with Crippen LogP contribution < -0.4 is 4.74 Å². The molecule has 0 spiro atoms. The van der Waals surface area contributed by atoms with E-state index in [1.54, 1.807) is 21.3 Å². The van der Waals surface area contributed by atoms with E-state index in [9.17, 15) is 0 Å². The van der Waals surface area contributed by atoms with E-state index < -0.39 is 0 Å². The normalized spacial score (nSPS) is 12.8. The topological polar surface area (TPSA) is 48.4 Å². The molecule has 0 amide bonds. The van der Waals surface area contributed by atoms with Crippen molar-refractivity contribution in [3.63, 3.8) is 0 Å². The fraction of sp³-hybridized carbons (Fsp3) is 0.462. The molecule has 0 aliphatic carbocycles. The number of H-pyrrole nitrogens is 1. The van der Waals surface area contributed by atoms with Crippen molar-refractivity contribution in [1.29, 1.82) is 0 Å². The standard InChI is InChI=1S/C13H18N2O3S/c1-16-8-9(17-2)7-15-10-5-4-6-11(18-3)12(10)14-13(15)19/h4-6,9H,7-8H2,1-3H3,(H,14,19). The number of para-hydroxylation sites is 1. The maximum atomic E-state index is 5.39. The summed E-state index contributed by atoms with van der Waals surface area (Å²) >= 11 is 5.37. The van der Waals surface area contributed by atoms with E-state index in [-0.39, 0.29) is 6.10 Å². The molecule has 0 saturated heterocycles. The summed E-state index contributed by atoms with van der Waals surface area (Å²) in [6.07, 6.45) is -0.0399. The molecule has 6 heteroatoms. The molecule has 1 N–H and O–H groups in total. The van der Waals surface area contributed by atoms with Gasteiger partial charge in [0.05, 0.1) is 31.9 Å². The third-order valence-corrected chi connectivity index (χ3v) is 3.39. The monoisotopic (exact) mass is 282 g/mol. The molecule has 0 fully saturated rings. The number of rotatable bonds is 6. The van der Waals surface area contributed by atoms with Gasteiger partial charge in [-0.25, -0.2) is 0 Å². The summed E-state index contributed by atoms with van der Waals surface area (Å²) in [7, 11) is 4.97. The Balaban J connectivity index is 2.43. The van der Waals surface area contributed by atoms with Crippen LogP contribution in [0.25, 0.3) is 11.0 Å². The fourth-order valence-corrected chi connectivity index (χ4v) is 2.37. The highest BCUT2D eigenvalue weighted by atomic mass is 32.1. The summed E-state index contributed by atoms with van der Waals surface area (Å²) in [6, 6.07) is 5.85. The first kappa shape index (κ1) is 14.0. The highest BCUT2D eigenvalue weighted by Crippen LogP contribution is 2.24. The minimum atomic E-state index is -0.0399. The van der Waals surface area contributed by atoms with Gasteiger partial charge < -0.3 is 23.8 Å². The van der Waals surface area contributed by atoms with E-state index in [1.165, 1.54) is 0 Å². The lowest BCUT2D eigenvalue weighted by molar-refractivity contribution is 0.0188. The van der Waals surface area contributed by atoms with Gasteiger partial charge in [-0.15, -0.1) is 0 Å². The molecular formula is C13H18N2O3S. The number of nitrogens with one attached hydrogen (secondary N) is 1. The zero-order valence-corrected chi connectivity index (χ0v) is 12.1. The summed E-state index contributed by atoms with van der Waals surface area (Å²) in [5, 5.41) is 0. The number of aromatic amines is 1. The predicted octanol–water partition coefficient (Wildman–Crippen LogP) is 2.37. The number of methoxy groups -OCH3 is 3. The number of hydrogen-bond donors (Lipinski definition) is 1. The zero-order chi connectivity index (χ0) is 13.8. The second-order valence-corrected chi connectivity index (χ2v) is 4.59. The SMILES string of the molecule is COCC(Cn1c(=S)[nH]c2c(OC)cccc21)OC. The van der Waals surface area contributed by atoms with E-state index >= 15 is 0 Å². The molecule has 0 aliphatic rings. The third kappa shape index (κ3) is 2.80. The molecule has 1 aromatic heterocycles. The molecule has 1 aromatic carbocycles. The van der Waals surface area contributed by atoms with Crippen molar-refractivity contribution < 1.29 is 14.2 Å². The van der Waals surface area contributed by atoms with Crippen molar-refractivity contribution in [3.8, 4) is 5.75 Å². The number of ether oxygens (including phenoxy) is 3. The third-order valence-electron chi connectivity index (χ3n) is 3.06. The van der Waals surface area contributed by atoms with Crippen LogP contribution in [0.15, 0.2) is 18.2 Å². The predicted molar refractivity (Wildman–Crippen MR) is 76.3 cm³/mol. The number of hydrogen-bond acceptors (Lipinski definition) is 4. The van der Waals surface area contributed by atoms with E-state index in [2.05, 4.69) is 4.98 Å². The lowest BCUT2D eigenvalue weighted by atomic mass is 10.3. The number of fused-ring (bicyclic) bond motifs is 1. The molecule has 1 unspecified atom stereocenters. The van der Waals surface area contributed by atoms with Crippen LogP contribution in [0.2, 0.25) is 0 Å². The lowest BCUT2D eigenvalue weighted by Crippen LogP contribution is -2.23. The maximum Gasteiger partial charge on any atom is 0.178 e. The van der Waals surface area contributed by atoms with Crippen molar-refractivity contribution >= 4 is 23.3 Å². The van der Waals surface area contributed by atoms with Crippen LogP contribution >= 0.6 is 12.2 Å². The Morgan fingerprint density at radius 2 is 2.11 bits per heavy atom. The summed E-state index contributed by atoms with van der Waals surface area (Å²) in [5.74, 6) is 0.781. The van der Waals surface area contributed by atoms with E-state index in [0.29, 0.717) is 17.9 Å². The first-order chi connectivity index (χ1) is 9.21. The minimum absolute atomic E-state index is 0.0399. The van der Waals surface area contributed by atoms with E-state index in [4.69, 9.17) is 26.4 Å². The Morgan fingerprint density at radius 3 is 2.74 bits per heavy atom. The highest BCUT2D eigenvalue weighted by molar-refractivity contribution is 7.71. The van der Waals surface area contributed by atoms with Gasteiger partial charge in [0.2, 0.25) is 0 Å². The maximum absolute atomic E-state index is 5.39. The minimum Gasteiger partial charge on any atom is -0.494 e. The molecular weight excluding hydrogens is 264 g/mol. The summed E-state index contributed by atoms with van der Waals surface area (Å²) < 4.78 is 18.5. The molecule has 1 heterocycles. The van der Waals surface area contributed by atoms with E-state index in [1.807, 2.05) is 22.8 Å². The molecule has 2 rings (SSSR count). The van der Waals surface area contributed by atoms with Crippen molar-refractivity contribution in [2.45, 2.75) is 12.6 Å². The van der Waals surface area contributed by atoms with Crippen LogP contribution in [-0.2, 0) is 16.0 Å². The average Bonchev–Trinajstić information content (AvgIpc) is 2.74. The molecule has 19 heavy (non-hydrogen) atoms. The molecule has 1 atom stereocenters. The summed E-state index contributed by atoms with van der Waals surface area (Å²) in [6.45, 7) is 1.16. The molecule has 0 saturated carbocycles. The van der Waals surface area contributed by atoms with Crippen molar-refractivity contribution in [1.82, 2.24) is 9.55 Å². The molecule has 0 bridgehead atoms. The first-order valence-electron chi connectivity index (χ1n) is 5.98. The molecule has 0 radical (unpaired) electrons. The Morgan fingerprint density at radius 1 is 1.32 bits per heavy atom. The largest absolute Gasteiger partial charge is 0.494 e. The van der Waals surface area contributed by atoms with Crippen LogP contribution in [0.3, 0.4) is 0 Å². The second kappa shape index (κ2) is 6.18. The van der Waals surface area contributed by atoms with Gasteiger partial charge >= 0.3 is 0 Å². The van der Waals surface area contributed by atoms with Gasteiger partial charge in [0, 0.05) is 14.2 Å². The summed E-state index contributed by atoms with van der Waals surface area (Å²) in [5.41, 5.74) is 1.91. The molecule has 0 aliphatic heterocycles. The smallest absolute Gasteiger partial charge is 0.178 e. The first-order valence-corrected chi connectivity index (χ1v) is 6.39. The van der Waals surface area contributed by atoms with Crippen LogP contribution in [0.5, 0.6) is 5.75 Å². The van der Waals surface area contributed by atoms with Gasteiger partial charge in [0.25, 0.3) is 0 Å². The number of benzene rings is 1. The van der Waals surface area contributed by atoms with Crippen LogP contribution in [0.4, 0.5) is 0 Å². The highest BCUT2D eigenvalue weighted by Gasteiger charge is 2.13. The second-order valence-electron chi connectivity index (χ2n) is 4.21. The van der Waals surface area contributed by atoms with E-state index in [0.717, 1.165) is 16.8 Å². The zero-order valence-electron chi connectivity index (χ0n) is 11.3. The number of aromatic nitrogens is 2. The van der Waals surface area contributed by atoms with Gasteiger partial charge in [0.1, 0.15) is 11.3 Å². The Kier molecular flexibility index (Phi) is 4.57. The van der Waals surface area contributed by atoms with Crippen molar-refractivity contribution in [2.75, 3.05) is 27.9 Å². The van der Waals surface area contributed by atoms with Gasteiger partial charge in [-0.2, -0.15) is 0 Å². The number of imidazole rings is 1. The van der Waals surface area contributed by atoms with Crippen LogP contribution in [-0.4, -0.2) is 43.6 Å². The quantitative estimate of drug-likeness (QED) is 0.826. The molecule has 104 valence electrons. The lowest BCUT2D eigenvalue weighted by Gasteiger charge is -2.15. The van der Waals surface area contributed by atoms with Gasteiger partial charge in [-0.05, 0) is 24.4 Å². The number of nitrogens with zero attached hydrogens (tertiary/aromatic N) is 1. The molecule has 2 aromatic rings. The Labute approximate surface area is 117 Å². The van der Waals surface area contributed by atoms with Crippen molar-refractivity contribution in [3.05, 3.63) is 23.0 Å². The van der Waals surface area contributed by atoms with Gasteiger partial charge in [-0.3, -0.25) is 0 Å². The summed E-state index contributed by atoms with van der Waals surface area (Å²) in [4.78, 5) is 3.17. The Hall–Kier alpha value is -1.37. The molecule has 5 nitrogen and oxygen atoms in total. The van der Waals surface area contributed by atoms with Crippen LogP contribution in [0, 0.1) is 4.77 Å². The Bertz CT molecular complexity index is 605. The van der Waals surface area contributed by atoms with Crippen LogP contribution in [0.1, 0.15) is 0 Å². The fourth-order valence-electron chi connectivity index (χ4n) is 2.09.